The van der Waals surface area contributed by atoms with Crippen LogP contribution < -0.4 is 9.64 Å². The van der Waals surface area contributed by atoms with Gasteiger partial charge in [-0.05, 0) is 24.3 Å². The molecule has 0 radical (unpaired) electrons. The summed E-state index contributed by atoms with van der Waals surface area (Å²) in [7, 11) is 3.76. The fourth-order valence-electron chi connectivity index (χ4n) is 0.926. The SMILES string of the molecule is CN(C)c1ccc(OC(F)F)cc1. The largest absolute Gasteiger partial charge is 0.435 e. The molecular weight excluding hydrogens is 176 g/mol. The van der Waals surface area contributed by atoms with Crippen molar-refractivity contribution in [3.8, 4) is 5.75 Å². The average Bonchev–Trinajstić information content (AvgIpc) is 2.04. The lowest BCUT2D eigenvalue weighted by Gasteiger charge is -2.12. The van der Waals surface area contributed by atoms with Crippen LogP contribution in [0.1, 0.15) is 0 Å². The number of alkyl halides is 2. The molecule has 0 bridgehead atoms. The van der Waals surface area contributed by atoms with E-state index in [2.05, 4.69) is 4.74 Å². The molecule has 13 heavy (non-hydrogen) atoms. The Morgan fingerprint density at radius 3 is 2.08 bits per heavy atom. The fourth-order valence-corrected chi connectivity index (χ4v) is 0.926. The fraction of sp³-hybridized carbons (Fsp3) is 0.333. The van der Waals surface area contributed by atoms with Crippen LogP contribution in [0.2, 0.25) is 0 Å². The summed E-state index contributed by atoms with van der Waals surface area (Å²) in [5.41, 5.74) is 0.946. The molecule has 0 aliphatic carbocycles. The van der Waals surface area contributed by atoms with Crippen LogP contribution in [0.15, 0.2) is 24.3 Å². The van der Waals surface area contributed by atoms with E-state index in [0.717, 1.165) is 5.69 Å². The van der Waals surface area contributed by atoms with Crippen molar-refractivity contribution in [2.45, 2.75) is 6.61 Å². The van der Waals surface area contributed by atoms with E-state index < -0.39 is 6.61 Å². The summed E-state index contributed by atoms with van der Waals surface area (Å²) in [6.45, 7) is -2.76. The minimum atomic E-state index is -2.76. The molecule has 0 aliphatic heterocycles. The van der Waals surface area contributed by atoms with Crippen LogP contribution in [-0.4, -0.2) is 20.7 Å². The first-order valence-corrected chi connectivity index (χ1v) is 3.82. The van der Waals surface area contributed by atoms with E-state index in [1.165, 1.54) is 12.1 Å². The van der Waals surface area contributed by atoms with Gasteiger partial charge in [-0.1, -0.05) is 0 Å². The first kappa shape index (κ1) is 9.77. The Kier molecular flexibility index (Phi) is 3.06. The van der Waals surface area contributed by atoms with Crippen LogP contribution in [-0.2, 0) is 0 Å². The Morgan fingerprint density at radius 2 is 1.69 bits per heavy atom. The lowest BCUT2D eigenvalue weighted by atomic mass is 10.3. The zero-order valence-electron chi connectivity index (χ0n) is 7.50. The van der Waals surface area contributed by atoms with Crippen molar-refractivity contribution < 1.29 is 13.5 Å². The summed E-state index contributed by atoms with van der Waals surface area (Å²) in [5.74, 6) is 0.181. The van der Waals surface area contributed by atoms with Crippen LogP contribution >= 0.6 is 0 Å². The number of halogens is 2. The normalized spacial score (nSPS) is 10.2. The maximum absolute atomic E-state index is 11.7. The summed E-state index contributed by atoms with van der Waals surface area (Å²) in [6, 6.07) is 6.47. The summed E-state index contributed by atoms with van der Waals surface area (Å²) in [6.07, 6.45) is 0. The van der Waals surface area contributed by atoms with Crippen molar-refractivity contribution in [2.75, 3.05) is 19.0 Å². The van der Waals surface area contributed by atoms with Gasteiger partial charge in [-0.25, -0.2) is 0 Å². The molecule has 0 atom stereocenters. The molecule has 0 aromatic heterocycles. The van der Waals surface area contributed by atoms with Gasteiger partial charge in [0, 0.05) is 19.8 Å². The molecule has 0 fully saturated rings. The molecule has 1 aromatic rings. The molecule has 2 nitrogen and oxygen atoms in total. The van der Waals surface area contributed by atoms with Gasteiger partial charge in [0.15, 0.2) is 0 Å². The third-order valence-corrected chi connectivity index (χ3v) is 1.58. The van der Waals surface area contributed by atoms with E-state index in [4.69, 9.17) is 0 Å². The van der Waals surface area contributed by atoms with Gasteiger partial charge >= 0.3 is 6.61 Å². The molecule has 1 rings (SSSR count). The highest BCUT2D eigenvalue weighted by atomic mass is 19.3. The topological polar surface area (TPSA) is 12.5 Å². The molecule has 0 heterocycles. The van der Waals surface area contributed by atoms with E-state index in [-0.39, 0.29) is 5.75 Å². The lowest BCUT2D eigenvalue weighted by molar-refractivity contribution is -0.0498. The molecule has 0 aliphatic rings. The molecule has 0 saturated heterocycles. The van der Waals surface area contributed by atoms with Crippen molar-refractivity contribution in [3.63, 3.8) is 0 Å². The number of ether oxygens (including phenoxy) is 1. The van der Waals surface area contributed by atoms with Crippen molar-refractivity contribution in [1.29, 1.82) is 0 Å². The van der Waals surface area contributed by atoms with Crippen LogP contribution in [0, 0.1) is 0 Å². The van der Waals surface area contributed by atoms with Gasteiger partial charge in [-0.2, -0.15) is 8.78 Å². The van der Waals surface area contributed by atoms with Crippen LogP contribution in [0.25, 0.3) is 0 Å². The summed E-state index contributed by atoms with van der Waals surface area (Å²) in [5, 5.41) is 0. The van der Waals surface area contributed by atoms with Crippen LogP contribution in [0.4, 0.5) is 14.5 Å². The average molecular weight is 187 g/mol. The highest BCUT2D eigenvalue weighted by molar-refractivity contribution is 5.47. The molecule has 0 saturated carbocycles. The number of rotatable bonds is 3. The lowest BCUT2D eigenvalue weighted by Crippen LogP contribution is -2.08. The Hall–Kier alpha value is -1.32. The Bertz CT molecular complexity index is 259. The molecule has 0 spiro atoms. The molecular formula is C9H11F2NO. The minimum Gasteiger partial charge on any atom is -0.435 e. The van der Waals surface area contributed by atoms with E-state index in [0.29, 0.717) is 0 Å². The predicted octanol–water partition coefficient (Wildman–Crippen LogP) is 2.35. The van der Waals surface area contributed by atoms with Crippen molar-refractivity contribution in [1.82, 2.24) is 0 Å². The molecule has 0 unspecified atom stereocenters. The van der Waals surface area contributed by atoms with E-state index in [9.17, 15) is 8.78 Å². The molecule has 72 valence electrons. The first-order valence-electron chi connectivity index (χ1n) is 3.82. The summed E-state index contributed by atoms with van der Waals surface area (Å²) in [4.78, 5) is 1.88. The third kappa shape index (κ3) is 2.89. The molecule has 0 N–H and O–H groups in total. The van der Waals surface area contributed by atoms with Gasteiger partial charge in [-0.15, -0.1) is 0 Å². The zero-order valence-corrected chi connectivity index (χ0v) is 7.50. The van der Waals surface area contributed by atoms with Gasteiger partial charge < -0.3 is 9.64 Å². The smallest absolute Gasteiger partial charge is 0.387 e. The van der Waals surface area contributed by atoms with E-state index in [1.807, 2.05) is 19.0 Å². The second kappa shape index (κ2) is 4.07. The van der Waals surface area contributed by atoms with Crippen molar-refractivity contribution in [2.24, 2.45) is 0 Å². The highest BCUT2D eigenvalue weighted by Gasteiger charge is 2.03. The highest BCUT2D eigenvalue weighted by Crippen LogP contribution is 2.18. The minimum absolute atomic E-state index is 0.181. The van der Waals surface area contributed by atoms with Gasteiger partial charge in [0.1, 0.15) is 5.75 Å². The Morgan fingerprint density at radius 1 is 1.15 bits per heavy atom. The standard InChI is InChI=1S/C9H11F2NO/c1-12(2)7-3-5-8(6-4-7)13-9(10)11/h3-6,9H,1-2H3. The monoisotopic (exact) mass is 187 g/mol. The third-order valence-electron chi connectivity index (χ3n) is 1.58. The molecule has 0 amide bonds. The number of hydrogen-bond acceptors (Lipinski definition) is 2. The van der Waals surface area contributed by atoms with Crippen molar-refractivity contribution in [3.05, 3.63) is 24.3 Å². The Labute approximate surface area is 75.7 Å². The van der Waals surface area contributed by atoms with E-state index in [1.54, 1.807) is 12.1 Å². The Balaban J connectivity index is 2.70. The van der Waals surface area contributed by atoms with Gasteiger partial charge in [0.25, 0.3) is 0 Å². The number of hydrogen-bond donors (Lipinski definition) is 0. The zero-order chi connectivity index (χ0) is 9.84. The summed E-state index contributed by atoms with van der Waals surface area (Å²) < 4.78 is 27.7. The first-order chi connectivity index (χ1) is 6.09. The number of nitrogens with zero attached hydrogens (tertiary/aromatic N) is 1. The van der Waals surface area contributed by atoms with Crippen LogP contribution in [0.5, 0.6) is 5.75 Å². The predicted molar refractivity (Wildman–Crippen MR) is 47.4 cm³/mol. The van der Waals surface area contributed by atoms with Crippen LogP contribution in [0.3, 0.4) is 0 Å². The number of anilines is 1. The number of benzene rings is 1. The second-order valence-electron chi connectivity index (χ2n) is 2.77. The molecule has 1 aromatic carbocycles. The van der Waals surface area contributed by atoms with Gasteiger partial charge in [-0.3, -0.25) is 0 Å². The molecule has 4 heteroatoms. The van der Waals surface area contributed by atoms with E-state index >= 15 is 0 Å². The van der Waals surface area contributed by atoms with Crippen molar-refractivity contribution >= 4 is 5.69 Å². The maximum Gasteiger partial charge on any atom is 0.387 e. The summed E-state index contributed by atoms with van der Waals surface area (Å²) >= 11 is 0. The maximum atomic E-state index is 11.7. The van der Waals surface area contributed by atoms with Gasteiger partial charge in [0.2, 0.25) is 0 Å². The van der Waals surface area contributed by atoms with Gasteiger partial charge in [0.05, 0.1) is 0 Å². The quantitative estimate of drug-likeness (QED) is 0.720. The second-order valence-corrected chi connectivity index (χ2v) is 2.77.